The first-order valence-corrected chi connectivity index (χ1v) is 10.9. The van der Waals surface area contributed by atoms with Gasteiger partial charge in [-0.15, -0.1) is 21.6 Å². The van der Waals surface area contributed by atoms with E-state index in [0.717, 1.165) is 38.4 Å². The van der Waals surface area contributed by atoms with E-state index in [4.69, 9.17) is 5.10 Å². The van der Waals surface area contributed by atoms with E-state index >= 15 is 0 Å². The molecule has 5 rings (SSSR count). The predicted molar refractivity (Wildman–Crippen MR) is 126 cm³/mol. The highest BCUT2D eigenvalue weighted by atomic mass is 32.1. The highest BCUT2D eigenvalue weighted by molar-refractivity contribution is 7.19. The summed E-state index contributed by atoms with van der Waals surface area (Å²) in [6.45, 7) is 7.79. The number of hydrogen-bond donors (Lipinski definition) is 0. The fourth-order valence-corrected chi connectivity index (χ4v) is 4.89. The van der Waals surface area contributed by atoms with Gasteiger partial charge in [0.2, 0.25) is 0 Å². The molecule has 1 aromatic carbocycles. The van der Waals surface area contributed by atoms with Gasteiger partial charge in [-0.3, -0.25) is 0 Å². The van der Waals surface area contributed by atoms with E-state index in [-0.39, 0.29) is 0 Å². The Morgan fingerprint density at radius 2 is 1.66 bits per heavy atom. The number of azo groups is 1. The summed E-state index contributed by atoms with van der Waals surface area (Å²) in [7, 11) is 0. The molecule has 8 heteroatoms. The summed E-state index contributed by atoms with van der Waals surface area (Å²) in [5.74, 6) is 0. The zero-order chi connectivity index (χ0) is 22.4. The minimum absolute atomic E-state index is 0.494. The maximum absolute atomic E-state index is 9.66. The van der Waals surface area contributed by atoms with E-state index in [1.54, 1.807) is 4.52 Å². The van der Waals surface area contributed by atoms with Crippen LogP contribution < -0.4 is 0 Å². The fourth-order valence-electron chi connectivity index (χ4n) is 3.86. The Morgan fingerprint density at radius 3 is 2.41 bits per heavy atom. The Morgan fingerprint density at radius 1 is 0.938 bits per heavy atom. The highest BCUT2D eigenvalue weighted by Crippen LogP contribution is 2.40. The van der Waals surface area contributed by atoms with Crippen LogP contribution >= 0.6 is 11.3 Å². The Labute approximate surface area is 188 Å². The summed E-state index contributed by atoms with van der Waals surface area (Å²) < 4.78 is 1.80. The molecule has 0 aliphatic rings. The first kappa shape index (κ1) is 20.0. The molecule has 0 atom stereocenters. The van der Waals surface area contributed by atoms with Crippen molar-refractivity contribution < 1.29 is 0 Å². The molecule has 0 saturated heterocycles. The van der Waals surface area contributed by atoms with E-state index in [9.17, 15) is 5.26 Å². The molecule has 0 N–H and O–H groups in total. The summed E-state index contributed by atoms with van der Waals surface area (Å²) in [5, 5.41) is 24.3. The van der Waals surface area contributed by atoms with Crippen LogP contribution in [0.25, 0.3) is 27.1 Å². The van der Waals surface area contributed by atoms with E-state index < -0.39 is 0 Å². The van der Waals surface area contributed by atoms with E-state index in [1.165, 1.54) is 11.3 Å². The van der Waals surface area contributed by atoms with Crippen molar-refractivity contribution in [3.63, 3.8) is 0 Å². The second-order valence-electron chi connectivity index (χ2n) is 7.67. The lowest BCUT2D eigenvalue weighted by Gasteiger charge is -2.06. The Hall–Kier alpha value is -3.96. The van der Waals surface area contributed by atoms with Crippen molar-refractivity contribution in [1.29, 1.82) is 5.26 Å². The first-order valence-electron chi connectivity index (χ1n) is 10.1. The van der Waals surface area contributed by atoms with Gasteiger partial charge in [0, 0.05) is 22.3 Å². The standard InChI is InChI=1S/C24H19N7S/c1-13-10-14(2)27-24-20(13)22(19(12-25)32-24)29-28-21-16(4)30-31-18(11-15(3)26-23(21)31)17-8-6-5-7-9-17/h5-11H,1-4H3. The number of benzene rings is 1. The molecule has 0 aliphatic heterocycles. The SMILES string of the molecule is Cc1cc(C)c2c(N=Nc3c(C)nn4c(-c5ccccc5)cc(C)nc34)c(C#N)sc2n1. The van der Waals surface area contributed by atoms with Gasteiger partial charge < -0.3 is 0 Å². The molecule has 4 heterocycles. The number of nitrogens with zero attached hydrogens (tertiary/aromatic N) is 7. The van der Waals surface area contributed by atoms with Crippen molar-refractivity contribution in [3.05, 3.63) is 70.0 Å². The quantitative estimate of drug-likeness (QED) is 0.300. The van der Waals surface area contributed by atoms with Gasteiger partial charge in [0.05, 0.1) is 11.4 Å². The van der Waals surface area contributed by atoms with Gasteiger partial charge in [0.1, 0.15) is 21.5 Å². The molecule has 156 valence electrons. The summed E-state index contributed by atoms with van der Waals surface area (Å²) in [5.41, 5.74) is 7.27. The molecule has 7 nitrogen and oxygen atoms in total. The first-order chi connectivity index (χ1) is 15.5. The molecule has 0 bridgehead atoms. The number of aromatic nitrogens is 4. The molecule has 4 aromatic heterocycles. The van der Waals surface area contributed by atoms with Crippen molar-refractivity contribution in [2.45, 2.75) is 27.7 Å². The lowest BCUT2D eigenvalue weighted by molar-refractivity contribution is 0.917. The number of hydrogen-bond acceptors (Lipinski definition) is 7. The average Bonchev–Trinajstić information content (AvgIpc) is 3.28. The number of fused-ring (bicyclic) bond motifs is 2. The van der Waals surface area contributed by atoms with Crippen LogP contribution in [0.4, 0.5) is 11.4 Å². The van der Waals surface area contributed by atoms with Crippen LogP contribution in [0.3, 0.4) is 0 Å². The number of thiophene rings is 1. The molecule has 32 heavy (non-hydrogen) atoms. The van der Waals surface area contributed by atoms with E-state index in [1.807, 2.05) is 70.2 Å². The van der Waals surface area contributed by atoms with E-state index in [2.05, 4.69) is 26.3 Å². The maximum Gasteiger partial charge on any atom is 0.184 e. The average molecular weight is 438 g/mol. The Balaban J connectivity index is 1.70. The molecule has 0 unspecified atom stereocenters. The third-order valence-corrected chi connectivity index (χ3v) is 6.22. The second kappa shape index (κ2) is 7.62. The lowest BCUT2D eigenvalue weighted by Crippen LogP contribution is -1.98. The van der Waals surface area contributed by atoms with Crippen molar-refractivity contribution in [1.82, 2.24) is 19.6 Å². The van der Waals surface area contributed by atoms with Crippen molar-refractivity contribution in [3.8, 4) is 17.3 Å². The molecule has 0 saturated carbocycles. The van der Waals surface area contributed by atoms with Gasteiger partial charge in [-0.05, 0) is 45.4 Å². The van der Waals surface area contributed by atoms with Gasteiger partial charge in [-0.2, -0.15) is 10.4 Å². The minimum atomic E-state index is 0.494. The monoisotopic (exact) mass is 437 g/mol. The van der Waals surface area contributed by atoms with Crippen LogP contribution in [0.2, 0.25) is 0 Å². The van der Waals surface area contributed by atoms with Gasteiger partial charge in [-0.25, -0.2) is 14.5 Å². The lowest BCUT2D eigenvalue weighted by atomic mass is 10.1. The third-order valence-electron chi connectivity index (χ3n) is 5.24. The zero-order valence-electron chi connectivity index (χ0n) is 18.1. The van der Waals surface area contributed by atoms with Gasteiger partial charge in [-0.1, -0.05) is 30.3 Å². The molecule has 0 spiro atoms. The number of rotatable bonds is 3. The summed E-state index contributed by atoms with van der Waals surface area (Å²) in [4.78, 5) is 10.6. The number of aryl methyl sites for hydroxylation is 4. The van der Waals surface area contributed by atoms with Gasteiger partial charge in [0.25, 0.3) is 0 Å². The van der Waals surface area contributed by atoms with Crippen molar-refractivity contribution in [2.24, 2.45) is 10.2 Å². The molecule has 0 aliphatic carbocycles. The van der Waals surface area contributed by atoms with Crippen LogP contribution in [0, 0.1) is 39.0 Å². The fraction of sp³-hybridized carbons (Fsp3) is 0.167. The molecule has 0 radical (unpaired) electrons. The van der Waals surface area contributed by atoms with Crippen LogP contribution in [-0.4, -0.2) is 19.6 Å². The molecular weight excluding hydrogens is 418 g/mol. The summed E-state index contributed by atoms with van der Waals surface area (Å²) in [6, 6.07) is 16.3. The number of nitriles is 1. The maximum atomic E-state index is 9.66. The van der Waals surface area contributed by atoms with Crippen molar-refractivity contribution in [2.75, 3.05) is 0 Å². The largest absolute Gasteiger partial charge is 0.242 e. The van der Waals surface area contributed by atoms with Gasteiger partial charge in [0.15, 0.2) is 11.3 Å². The molecule has 0 fully saturated rings. The van der Waals surface area contributed by atoms with Gasteiger partial charge >= 0.3 is 0 Å². The zero-order valence-corrected chi connectivity index (χ0v) is 18.9. The Bertz CT molecular complexity index is 1570. The smallest absolute Gasteiger partial charge is 0.184 e. The minimum Gasteiger partial charge on any atom is -0.242 e. The number of pyridine rings is 1. The molecule has 0 amide bonds. The summed E-state index contributed by atoms with van der Waals surface area (Å²) in [6.07, 6.45) is 0. The van der Waals surface area contributed by atoms with Crippen molar-refractivity contribution >= 4 is 38.6 Å². The Kier molecular flexibility index (Phi) is 4.76. The third kappa shape index (κ3) is 3.24. The summed E-state index contributed by atoms with van der Waals surface area (Å²) >= 11 is 1.34. The van der Waals surface area contributed by atoms with Crippen LogP contribution in [0.1, 0.15) is 27.5 Å². The van der Waals surface area contributed by atoms with Crippen LogP contribution in [0.15, 0.2) is 52.7 Å². The highest BCUT2D eigenvalue weighted by Gasteiger charge is 2.18. The normalized spacial score (nSPS) is 11.6. The second-order valence-corrected chi connectivity index (χ2v) is 8.67. The van der Waals surface area contributed by atoms with Crippen LogP contribution in [0.5, 0.6) is 0 Å². The van der Waals surface area contributed by atoms with E-state index in [0.29, 0.717) is 27.6 Å². The predicted octanol–water partition coefficient (Wildman–Crippen LogP) is 6.53. The molecule has 5 aromatic rings. The molecular formula is C24H19N7S. The topological polar surface area (TPSA) is 91.6 Å². The van der Waals surface area contributed by atoms with Crippen LogP contribution in [-0.2, 0) is 0 Å².